The predicted octanol–water partition coefficient (Wildman–Crippen LogP) is 5.06. The molecular formula is C36H40N4O6S3. The van der Waals surface area contributed by atoms with Gasteiger partial charge in [-0.2, -0.15) is 0 Å². The molecule has 0 saturated heterocycles. The van der Waals surface area contributed by atoms with Gasteiger partial charge in [-0.3, -0.25) is 9.59 Å². The molecule has 3 saturated carbocycles. The smallest absolute Gasteiger partial charge is 0.305 e. The normalized spacial score (nSPS) is 20.9. The number of aromatic amines is 1. The Labute approximate surface area is 296 Å². The second-order valence-electron chi connectivity index (χ2n) is 12.9. The van der Waals surface area contributed by atoms with E-state index in [9.17, 15) is 24.9 Å². The van der Waals surface area contributed by atoms with Crippen LogP contribution in [0, 0.1) is 11.8 Å². The SMILES string of the molecule is CN(CCC(=O)Nc1ccc(CNCCc2ccc(O)c3[nH]c(=O)sc23)cc1)C1C2CCC1C2OC(O)C(O)(c1cccs1)c1cccs1. The number of aliphatic hydroxyl groups excluding tert-OH is 1. The lowest BCUT2D eigenvalue weighted by Gasteiger charge is -2.50. The highest BCUT2D eigenvalue weighted by Crippen LogP contribution is 2.54. The number of thiophene rings is 2. The minimum absolute atomic E-state index is 0.0446. The Hall–Kier alpha value is -3.40. The van der Waals surface area contributed by atoms with Crippen molar-refractivity contribution >= 4 is 55.8 Å². The molecule has 258 valence electrons. The molecule has 2 aromatic carbocycles. The van der Waals surface area contributed by atoms with E-state index in [1.54, 1.807) is 6.07 Å². The second kappa shape index (κ2) is 14.4. The maximum absolute atomic E-state index is 12.8. The van der Waals surface area contributed by atoms with E-state index in [0.717, 1.165) is 52.1 Å². The molecule has 3 aromatic heterocycles. The van der Waals surface area contributed by atoms with Gasteiger partial charge in [0.05, 0.1) is 10.8 Å². The number of anilines is 1. The first-order chi connectivity index (χ1) is 23.7. The number of phenols is 1. The third kappa shape index (κ3) is 6.86. The van der Waals surface area contributed by atoms with Gasteiger partial charge in [0.25, 0.3) is 0 Å². The number of aromatic nitrogens is 1. The minimum atomic E-state index is -1.61. The minimum Gasteiger partial charge on any atom is -0.506 e. The number of carbonyl (C=O) groups is 1. The molecular weight excluding hydrogens is 681 g/mol. The zero-order chi connectivity index (χ0) is 34.1. The van der Waals surface area contributed by atoms with Gasteiger partial charge in [-0.1, -0.05) is 41.7 Å². The van der Waals surface area contributed by atoms with Crippen LogP contribution in [0.2, 0.25) is 0 Å². The van der Waals surface area contributed by atoms with Crippen molar-refractivity contribution in [3.63, 3.8) is 0 Å². The number of amides is 1. The second-order valence-corrected chi connectivity index (χ2v) is 15.8. The van der Waals surface area contributed by atoms with Crippen molar-refractivity contribution in [2.45, 2.75) is 56.3 Å². The Balaban J connectivity index is 0.848. The van der Waals surface area contributed by atoms with Gasteiger partial charge in [0.1, 0.15) is 11.3 Å². The number of rotatable bonds is 15. The predicted molar refractivity (Wildman–Crippen MR) is 194 cm³/mol. The Bertz CT molecular complexity index is 1880. The highest BCUT2D eigenvalue weighted by Gasteiger charge is 2.59. The van der Waals surface area contributed by atoms with Crippen molar-refractivity contribution in [1.29, 1.82) is 0 Å². The molecule has 13 heteroatoms. The average molecular weight is 721 g/mol. The highest BCUT2D eigenvalue weighted by atomic mass is 32.1. The summed E-state index contributed by atoms with van der Waals surface area (Å²) in [5.41, 5.74) is 1.74. The first kappa shape index (κ1) is 34.1. The van der Waals surface area contributed by atoms with Gasteiger partial charge >= 0.3 is 4.87 Å². The van der Waals surface area contributed by atoms with Crippen LogP contribution >= 0.6 is 34.0 Å². The fourth-order valence-corrected chi connectivity index (χ4v) is 10.1. The van der Waals surface area contributed by atoms with Crippen LogP contribution in [0.5, 0.6) is 5.75 Å². The number of hydrogen-bond donors (Lipinski definition) is 6. The standard InChI is InChI=1S/C36H40N4O6S3/c1-40(31-24-11-12-25(31)32(24)46-34(43)36(45,27-4-2-18-47-27)28-5-3-19-48-28)17-15-29(42)38-23-9-6-21(7-10-23)20-37-16-14-22-8-13-26(41)30-33(22)49-35(44)39-30/h2-10,13,18-19,24-25,31-32,34,37,41,43,45H,11-12,14-17,20H2,1H3,(H,38,42)(H,39,44). The number of fused-ring (bicyclic) bond motifs is 2. The summed E-state index contributed by atoms with van der Waals surface area (Å²) in [4.78, 5) is 30.7. The molecule has 49 heavy (non-hydrogen) atoms. The maximum atomic E-state index is 12.8. The van der Waals surface area contributed by atoms with Crippen LogP contribution in [-0.4, -0.2) is 69.7 Å². The quantitative estimate of drug-likeness (QED) is 0.0651. The Morgan fingerprint density at radius 2 is 1.76 bits per heavy atom. The number of H-pyrrole nitrogens is 1. The summed E-state index contributed by atoms with van der Waals surface area (Å²) >= 11 is 3.91. The third-order valence-electron chi connectivity index (χ3n) is 9.97. The van der Waals surface area contributed by atoms with E-state index in [0.29, 0.717) is 41.3 Å². The molecule has 3 heterocycles. The molecule has 0 radical (unpaired) electrons. The first-order valence-corrected chi connectivity index (χ1v) is 19.1. The van der Waals surface area contributed by atoms with Crippen molar-refractivity contribution in [2.24, 2.45) is 11.8 Å². The molecule has 1 amide bonds. The molecule has 3 fully saturated rings. The fourth-order valence-electron chi connectivity index (χ4n) is 7.47. The average Bonchev–Trinajstić information content (AvgIpc) is 3.94. The Morgan fingerprint density at radius 3 is 2.41 bits per heavy atom. The number of phenolic OH excluding ortho intramolecular Hbond substituents is 1. The van der Waals surface area contributed by atoms with Crippen molar-refractivity contribution in [2.75, 3.05) is 25.5 Å². The number of nitrogens with one attached hydrogen (secondary N) is 3. The number of ether oxygens (including phenoxy) is 1. The monoisotopic (exact) mass is 720 g/mol. The number of hydrogen-bond acceptors (Lipinski definition) is 11. The lowest BCUT2D eigenvalue weighted by atomic mass is 9.74. The Morgan fingerprint density at radius 1 is 1.06 bits per heavy atom. The van der Waals surface area contributed by atoms with Crippen molar-refractivity contribution in [3.05, 3.63) is 102 Å². The van der Waals surface area contributed by atoms with Crippen LogP contribution in [0.3, 0.4) is 0 Å². The summed E-state index contributed by atoms with van der Waals surface area (Å²) in [6, 6.07) is 18.9. The zero-order valence-corrected chi connectivity index (χ0v) is 29.5. The molecule has 3 atom stereocenters. The van der Waals surface area contributed by atoms with Gasteiger partial charge in [0.15, 0.2) is 11.9 Å². The molecule has 6 N–H and O–H groups in total. The van der Waals surface area contributed by atoms with Crippen LogP contribution in [0.15, 0.2) is 76.2 Å². The van der Waals surface area contributed by atoms with E-state index >= 15 is 0 Å². The van der Waals surface area contributed by atoms with Crippen LogP contribution in [0.1, 0.15) is 40.1 Å². The van der Waals surface area contributed by atoms with E-state index < -0.39 is 11.9 Å². The Kier molecular flexibility index (Phi) is 10.0. The molecule has 2 bridgehead atoms. The van der Waals surface area contributed by atoms with Crippen LogP contribution in [0.4, 0.5) is 5.69 Å². The first-order valence-electron chi connectivity index (χ1n) is 16.5. The summed E-state index contributed by atoms with van der Waals surface area (Å²) in [7, 11) is 2.05. The number of carbonyl (C=O) groups excluding carboxylic acids is 1. The van der Waals surface area contributed by atoms with Gasteiger partial charge in [0, 0.05) is 52.8 Å². The van der Waals surface area contributed by atoms with Crippen LogP contribution < -0.4 is 15.5 Å². The number of benzene rings is 2. The van der Waals surface area contributed by atoms with E-state index in [-0.39, 0.29) is 40.5 Å². The van der Waals surface area contributed by atoms with Crippen molar-refractivity contribution in [3.8, 4) is 5.75 Å². The number of nitrogens with zero attached hydrogens (tertiary/aromatic N) is 1. The number of aliphatic hydroxyl groups is 2. The summed E-state index contributed by atoms with van der Waals surface area (Å²) in [6.45, 7) is 1.99. The van der Waals surface area contributed by atoms with Gasteiger partial charge in [0.2, 0.25) is 5.91 Å². The van der Waals surface area contributed by atoms with Gasteiger partial charge < -0.3 is 40.6 Å². The molecule has 0 aliphatic heterocycles. The largest absolute Gasteiger partial charge is 0.506 e. The van der Waals surface area contributed by atoms with Gasteiger partial charge in [-0.15, -0.1) is 22.7 Å². The maximum Gasteiger partial charge on any atom is 0.305 e. The molecule has 3 aliphatic rings. The lowest BCUT2D eigenvalue weighted by molar-refractivity contribution is -0.259. The van der Waals surface area contributed by atoms with Crippen molar-refractivity contribution in [1.82, 2.24) is 15.2 Å². The summed E-state index contributed by atoms with van der Waals surface area (Å²) in [5.74, 6) is 0.525. The lowest BCUT2D eigenvalue weighted by Crippen LogP contribution is -2.60. The van der Waals surface area contributed by atoms with Gasteiger partial charge in [-0.25, -0.2) is 0 Å². The molecule has 8 rings (SSSR count). The number of aromatic hydroxyl groups is 1. The fraction of sp³-hybridized carbons (Fsp3) is 0.389. The van der Waals surface area contributed by atoms with Crippen LogP contribution in [0.25, 0.3) is 10.2 Å². The molecule has 3 unspecified atom stereocenters. The van der Waals surface area contributed by atoms with Gasteiger partial charge in [-0.05, 0) is 85.1 Å². The molecule has 3 aliphatic carbocycles. The van der Waals surface area contributed by atoms with Crippen LogP contribution in [-0.2, 0) is 28.1 Å². The third-order valence-corrected chi connectivity index (χ3v) is 12.9. The molecule has 0 spiro atoms. The molecule has 10 nitrogen and oxygen atoms in total. The summed E-state index contributed by atoms with van der Waals surface area (Å²) in [5, 5.41) is 43.2. The summed E-state index contributed by atoms with van der Waals surface area (Å²) in [6.07, 6.45) is 1.56. The van der Waals surface area contributed by atoms with Crippen molar-refractivity contribution < 1.29 is 24.9 Å². The summed E-state index contributed by atoms with van der Waals surface area (Å²) < 4.78 is 7.03. The van der Waals surface area contributed by atoms with E-state index in [1.165, 1.54) is 22.7 Å². The van der Waals surface area contributed by atoms with E-state index in [2.05, 4.69) is 27.6 Å². The molecule has 5 aromatic rings. The topological polar surface area (TPSA) is 147 Å². The van der Waals surface area contributed by atoms with E-state index in [4.69, 9.17) is 4.74 Å². The number of thiazole rings is 1. The highest BCUT2D eigenvalue weighted by molar-refractivity contribution is 7.16. The van der Waals surface area contributed by atoms with E-state index in [1.807, 2.05) is 65.4 Å². The zero-order valence-electron chi connectivity index (χ0n) is 27.0.